The number of aromatic nitrogens is 2. The molecule has 0 bridgehead atoms. The number of nitrogens with one attached hydrogen (secondary N) is 1. The van der Waals surface area contributed by atoms with Crippen molar-refractivity contribution in [2.24, 2.45) is 5.92 Å². The lowest BCUT2D eigenvalue weighted by Crippen LogP contribution is -2.33. The van der Waals surface area contributed by atoms with Crippen molar-refractivity contribution in [1.82, 2.24) is 15.3 Å². The van der Waals surface area contributed by atoms with Crippen LogP contribution in [-0.2, 0) is 0 Å². The molecule has 0 radical (unpaired) electrons. The minimum Gasteiger partial charge on any atom is -0.351 e. The highest BCUT2D eigenvalue weighted by Gasteiger charge is 2.16. The number of carbonyl (C=O) groups is 1. The van der Waals surface area contributed by atoms with Crippen LogP contribution < -0.4 is 5.32 Å². The zero-order valence-electron chi connectivity index (χ0n) is 10.2. The van der Waals surface area contributed by atoms with Crippen molar-refractivity contribution in [2.45, 2.75) is 31.5 Å². The van der Waals surface area contributed by atoms with Crippen molar-refractivity contribution >= 4 is 21.8 Å². The molecule has 1 unspecified atom stereocenters. The van der Waals surface area contributed by atoms with Crippen LogP contribution in [-0.4, -0.2) is 27.2 Å². The molecule has 5 heteroatoms. The van der Waals surface area contributed by atoms with Crippen LogP contribution in [0.3, 0.4) is 0 Å². The predicted octanol–water partition coefficient (Wildman–Crippen LogP) is 2.41. The molecule has 1 rings (SSSR count). The number of hydrogen-bond donors (Lipinski definition) is 1. The van der Waals surface area contributed by atoms with Gasteiger partial charge in [0.2, 0.25) is 0 Å². The van der Waals surface area contributed by atoms with Gasteiger partial charge in [0, 0.05) is 23.8 Å². The first-order valence-electron chi connectivity index (χ1n) is 5.86. The summed E-state index contributed by atoms with van der Waals surface area (Å²) in [5.41, 5.74) is 0.497. The first-order valence-corrected chi connectivity index (χ1v) is 6.77. The average molecular weight is 300 g/mol. The van der Waals surface area contributed by atoms with Crippen LogP contribution in [0.25, 0.3) is 0 Å². The van der Waals surface area contributed by atoms with Gasteiger partial charge < -0.3 is 5.32 Å². The number of alkyl halides is 1. The number of amides is 1. The molecule has 0 aliphatic heterocycles. The van der Waals surface area contributed by atoms with Crippen LogP contribution in [0.2, 0.25) is 0 Å². The topological polar surface area (TPSA) is 54.9 Å². The summed E-state index contributed by atoms with van der Waals surface area (Å²) in [4.78, 5) is 19.7. The summed E-state index contributed by atoms with van der Waals surface area (Å²) >= 11 is 3.62. The van der Waals surface area contributed by atoms with Crippen molar-refractivity contribution in [3.05, 3.63) is 24.3 Å². The Labute approximate surface area is 110 Å². The van der Waals surface area contributed by atoms with E-state index in [1.165, 1.54) is 18.7 Å². The Morgan fingerprint density at radius 1 is 1.35 bits per heavy atom. The molecule has 1 amide bonds. The molecule has 1 aromatic rings. The van der Waals surface area contributed by atoms with Crippen LogP contribution in [0.1, 0.15) is 37.0 Å². The molecule has 1 heterocycles. The van der Waals surface area contributed by atoms with Gasteiger partial charge in [0.25, 0.3) is 5.91 Å². The fourth-order valence-electron chi connectivity index (χ4n) is 1.68. The van der Waals surface area contributed by atoms with E-state index in [9.17, 15) is 4.79 Å². The molecular weight excluding hydrogens is 282 g/mol. The van der Waals surface area contributed by atoms with E-state index in [4.69, 9.17) is 0 Å². The molecule has 0 saturated carbocycles. The molecule has 0 fully saturated rings. The van der Waals surface area contributed by atoms with E-state index in [2.05, 4.69) is 45.1 Å². The van der Waals surface area contributed by atoms with Gasteiger partial charge in [-0.2, -0.15) is 0 Å². The van der Waals surface area contributed by atoms with Gasteiger partial charge in [-0.05, 0) is 5.92 Å². The van der Waals surface area contributed by atoms with E-state index in [1.54, 1.807) is 0 Å². The number of hydrogen-bond acceptors (Lipinski definition) is 3. The van der Waals surface area contributed by atoms with E-state index in [1.807, 2.05) is 0 Å². The largest absolute Gasteiger partial charge is 0.351 e. The maximum Gasteiger partial charge on any atom is 0.254 e. The van der Waals surface area contributed by atoms with Gasteiger partial charge in [-0.3, -0.25) is 4.79 Å². The third-order valence-corrected chi connectivity index (χ3v) is 3.91. The van der Waals surface area contributed by atoms with Crippen LogP contribution in [0, 0.1) is 5.92 Å². The SMILES string of the molecule is CCC(CC)C(Br)CNC(=O)c1cncnc1. The minimum absolute atomic E-state index is 0.124. The highest BCUT2D eigenvalue weighted by molar-refractivity contribution is 9.09. The smallest absolute Gasteiger partial charge is 0.254 e. The molecule has 1 atom stereocenters. The number of rotatable bonds is 6. The molecule has 0 spiro atoms. The first kappa shape index (κ1) is 14.1. The van der Waals surface area contributed by atoms with Gasteiger partial charge in [0.05, 0.1) is 5.56 Å². The van der Waals surface area contributed by atoms with Gasteiger partial charge in [0.1, 0.15) is 6.33 Å². The predicted molar refractivity (Wildman–Crippen MR) is 71.2 cm³/mol. The minimum atomic E-state index is -0.124. The number of nitrogens with zero attached hydrogens (tertiary/aromatic N) is 2. The second kappa shape index (κ2) is 7.37. The summed E-state index contributed by atoms with van der Waals surface area (Å²) in [5, 5.41) is 2.88. The number of halogens is 1. The Bertz CT molecular complexity index is 341. The molecule has 1 aromatic heterocycles. The molecule has 4 nitrogen and oxygen atoms in total. The maximum atomic E-state index is 11.7. The van der Waals surface area contributed by atoms with Crippen molar-refractivity contribution < 1.29 is 4.79 Å². The van der Waals surface area contributed by atoms with Crippen LogP contribution in [0.4, 0.5) is 0 Å². The van der Waals surface area contributed by atoms with Crippen molar-refractivity contribution in [3.63, 3.8) is 0 Å². The monoisotopic (exact) mass is 299 g/mol. The van der Waals surface area contributed by atoms with Gasteiger partial charge in [-0.1, -0.05) is 42.6 Å². The van der Waals surface area contributed by atoms with Crippen molar-refractivity contribution in [2.75, 3.05) is 6.54 Å². The number of carbonyl (C=O) groups excluding carboxylic acids is 1. The zero-order chi connectivity index (χ0) is 12.7. The Balaban J connectivity index is 2.43. The van der Waals surface area contributed by atoms with E-state index < -0.39 is 0 Å². The highest BCUT2D eigenvalue weighted by atomic mass is 79.9. The highest BCUT2D eigenvalue weighted by Crippen LogP contribution is 2.19. The maximum absolute atomic E-state index is 11.7. The second-order valence-electron chi connectivity index (χ2n) is 3.93. The van der Waals surface area contributed by atoms with E-state index in [-0.39, 0.29) is 5.91 Å². The fraction of sp³-hybridized carbons (Fsp3) is 0.583. The van der Waals surface area contributed by atoms with Gasteiger partial charge in [-0.15, -0.1) is 0 Å². The summed E-state index contributed by atoms with van der Waals surface area (Å²) in [5.74, 6) is 0.461. The fourth-order valence-corrected chi connectivity index (χ4v) is 2.58. The van der Waals surface area contributed by atoms with E-state index in [0.29, 0.717) is 22.9 Å². The Morgan fingerprint density at radius 2 is 1.94 bits per heavy atom. The average Bonchev–Trinajstić information content (AvgIpc) is 2.38. The van der Waals surface area contributed by atoms with E-state index in [0.717, 1.165) is 12.8 Å². The lowest BCUT2D eigenvalue weighted by Gasteiger charge is -2.19. The van der Waals surface area contributed by atoms with E-state index >= 15 is 0 Å². The van der Waals surface area contributed by atoms with Gasteiger partial charge in [0.15, 0.2) is 0 Å². The quantitative estimate of drug-likeness (QED) is 0.821. The Hall–Kier alpha value is -0.970. The first-order chi connectivity index (χ1) is 8.19. The Morgan fingerprint density at radius 3 is 2.47 bits per heavy atom. The summed E-state index contributed by atoms with van der Waals surface area (Å²) in [6.45, 7) is 4.95. The lowest BCUT2D eigenvalue weighted by atomic mass is 9.99. The Kier molecular flexibility index (Phi) is 6.11. The standard InChI is InChI=1S/C12H18BrN3O/c1-3-9(4-2)11(13)7-16-12(17)10-5-14-8-15-6-10/h5-6,8-9,11H,3-4,7H2,1-2H3,(H,16,17). The molecule has 0 saturated heterocycles. The van der Waals surface area contributed by atoms with Crippen molar-refractivity contribution in [1.29, 1.82) is 0 Å². The molecule has 1 N–H and O–H groups in total. The summed E-state index contributed by atoms with van der Waals surface area (Å²) in [7, 11) is 0. The molecule has 17 heavy (non-hydrogen) atoms. The summed E-state index contributed by atoms with van der Waals surface area (Å²) < 4.78 is 0. The van der Waals surface area contributed by atoms with Crippen LogP contribution in [0.5, 0.6) is 0 Å². The third-order valence-electron chi connectivity index (χ3n) is 2.84. The zero-order valence-corrected chi connectivity index (χ0v) is 11.8. The molecule has 0 aliphatic rings. The normalized spacial score (nSPS) is 12.5. The van der Waals surface area contributed by atoms with Gasteiger partial charge in [-0.25, -0.2) is 9.97 Å². The second-order valence-corrected chi connectivity index (χ2v) is 5.11. The van der Waals surface area contributed by atoms with Gasteiger partial charge >= 0.3 is 0 Å². The van der Waals surface area contributed by atoms with Crippen LogP contribution in [0.15, 0.2) is 18.7 Å². The lowest BCUT2D eigenvalue weighted by molar-refractivity contribution is 0.0951. The molecule has 94 valence electrons. The molecule has 0 aromatic carbocycles. The van der Waals surface area contributed by atoms with Crippen LogP contribution >= 0.6 is 15.9 Å². The van der Waals surface area contributed by atoms with Crippen molar-refractivity contribution in [3.8, 4) is 0 Å². The summed E-state index contributed by atoms with van der Waals surface area (Å²) in [6, 6.07) is 0. The molecular formula is C12H18BrN3O. The molecule has 0 aliphatic carbocycles. The summed E-state index contributed by atoms with van der Waals surface area (Å²) in [6.07, 6.45) is 6.66. The third kappa shape index (κ3) is 4.42.